The van der Waals surface area contributed by atoms with E-state index < -0.39 is 0 Å². The predicted octanol–water partition coefficient (Wildman–Crippen LogP) is 6.03. The highest BCUT2D eigenvalue weighted by molar-refractivity contribution is 7.80. The molecule has 2 saturated heterocycles. The zero-order valence-electron chi connectivity index (χ0n) is 22.1. The van der Waals surface area contributed by atoms with Crippen LogP contribution in [0.15, 0.2) is 30.3 Å². The Labute approximate surface area is 226 Å². The standard InChI is InChI=1S/C29H41FN6S/c1-22-9-8-18-36(20-22)26-19-25(35-16-6-3-7-17-35)32-27(33-26)34-28(37)31-21-29(14-4-2-5-15-29)23-10-12-24(30)13-11-23/h10-13,19,22H,2-9,14-18,20-21H2,1H3,(H2,31,32,33,34,37)/t22-/m0/s1. The van der Waals surface area contributed by atoms with E-state index in [0.29, 0.717) is 23.5 Å². The molecule has 2 aromatic rings. The minimum Gasteiger partial charge on any atom is -0.361 e. The molecule has 0 amide bonds. The fourth-order valence-corrected chi connectivity index (χ4v) is 6.48. The lowest BCUT2D eigenvalue weighted by Gasteiger charge is -2.38. The van der Waals surface area contributed by atoms with Crippen molar-refractivity contribution >= 4 is 34.9 Å². The van der Waals surface area contributed by atoms with Gasteiger partial charge in [-0.3, -0.25) is 0 Å². The predicted molar refractivity (Wildman–Crippen MR) is 154 cm³/mol. The van der Waals surface area contributed by atoms with Crippen LogP contribution in [0.25, 0.3) is 0 Å². The van der Waals surface area contributed by atoms with Crippen molar-refractivity contribution < 1.29 is 4.39 Å². The highest BCUT2D eigenvalue weighted by Crippen LogP contribution is 2.39. The van der Waals surface area contributed by atoms with E-state index in [1.54, 1.807) is 12.1 Å². The van der Waals surface area contributed by atoms with E-state index in [1.807, 2.05) is 12.1 Å². The van der Waals surface area contributed by atoms with Crippen molar-refractivity contribution in [3.05, 3.63) is 41.7 Å². The Kier molecular flexibility index (Phi) is 8.43. The van der Waals surface area contributed by atoms with Crippen LogP contribution < -0.4 is 20.4 Å². The van der Waals surface area contributed by atoms with Crippen LogP contribution >= 0.6 is 12.2 Å². The molecule has 6 nitrogen and oxygen atoms in total. The third-order valence-corrected chi connectivity index (χ3v) is 8.69. The first-order valence-corrected chi connectivity index (χ1v) is 14.6. The first-order chi connectivity index (χ1) is 18.0. The molecule has 1 atom stereocenters. The maximum Gasteiger partial charge on any atom is 0.232 e. The van der Waals surface area contributed by atoms with Gasteiger partial charge in [-0.25, -0.2) is 4.39 Å². The van der Waals surface area contributed by atoms with Crippen LogP contribution in [0, 0.1) is 11.7 Å². The zero-order chi connectivity index (χ0) is 25.7. The molecule has 37 heavy (non-hydrogen) atoms. The highest BCUT2D eigenvalue weighted by Gasteiger charge is 2.34. The minimum absolute atomic E-state index is 0.0384. The molecule has 0 radical (unpaired) electrons. The molecule has 3 fully saturated rings. The van der Waals surface area contributed by atoms with E-state index in [-0.39, 0.29) is 11.2 Å². The molecular weight excluding hydrogens is 483 g/mol. The van der Waals surface area contributed by atoms with Gasteiger partial charge in [0.2, 0.25) is 5.95 Å². The van der Waals surface area contributed by atoms with Crippen LogP contribution in [0.1, 0.15) is 76.7 Å². The number of piperidine rings is 2. The summed E-state index contributed by atoms with van der Waals surface area (Å²) in [6, 6.07) is 9.19. The lowest BCUT2D eigenvalue weighted by atomic mass is 9.69. The van der Waals surface area contributed by atoms with Gasteiger partial charge in [0.25, 0.3) is 0 Å². The van der Waals surface area contributed by atoms with Crippen LogP contribution in [-0.4, -0.2) is 47.8 Å². The number of nitrogens with one attached hydrogen (secondary N) is 2. The lowest BCUT2D eigenvalue weighted by molar-refractivity contribution is 0.292. The van der Waals surface area contributed by atoms with Gasteiger partial charge < -0.3 is 20.4 Å². The smallest absolute Gasteiger partial charge is 0.232 e. The summed E-state index contributed by atoms with van der Waals surface area (Å²) in [5.74, 6) is 3.02. The highest BCUT2D eigenvalue weighted by atomic mass is 32.1. The molecule has 0 spiro atoms. The quantitative estimate of drug-likeness (QED) is 0.448. The molecule has 8 heteroatoms. The van der Waals surface area contributed by atoms with Crippen LogP contribution in [0.4, 0.5) is 22.0 Å². The Morgan fingerprint density at radius 1 is 0.946 bits per heavy atom. The molecule has 200 valence electrons. The summed E-state index contributed by atoms with van der Waals surface area (Å²) < 4.78 is 13.6. The zero-order valence-corrected chi connectivity index (χ0v) is 23.0. The van der Waals surface area contributed by atoms with Crippen LogP contribution in [-0.2, 0) is 5.41 Å². The Hall–Kier alpha value is -2.48. The molecule has 1 aromatic heterocycles. The van der Waals surface area contributed by atoms with Gasteiger partial charge in [-0.05, 0) is 80.8 Å². The van der Waals surface area contributed by atoms with Crippen LogP contribution in [0.3, 0.4) is 0 Å². The summed E-state index contributed by atoms with van der Waals surface area (Å²) in [6.45, 7) is 7.17. The van der Waals surface area contributed by atoms with E-state index in [9.17, 15) is 4.39 Å². The lowest BCUT2D eigenvalue weighted by Crippen LogP contribution is -2.43. The van der Waals surface area contributed by atoms with Crippen molar-refractivity contribution in [1.82, 2.24) is 15.3 Å². The van der Waals surface area contributed by atoms with E-state index in [4.69, 9.17) is 22.2 Å². The topological polar surface area (TPSA) is 56.3 Å². The van der Waals surface area contributed by atoms with E-state index in [1.165, 1.54) is 56.9 Å². The number of anilines is 3. The molecule has 1 aliphatic carbocycles. The largest absolute Gasteiger partial charge is 0.361 e. The Morgan fingerprint density at radius 2 is 1.59 bits per heavy atom. The number of benzene rings is 1. The number of hydrogen-bond donors (Lipinski definition) is 2. The van der Waals surface area contributed by atoms with Gasteiger partial charge in [-0.2, -0.15) is 9.97 Å². The number of hydrogen-bond acceptors (Lipinski definition) is 5. The molecule has 1 saturated carbocycles. The number of rotatable bonds is 6. The molecule has 3 heterocycles. The van der Waals surface area contributed by atoms with Gasteiger partial charge in [0.1, 0.15) is 17.5 Å². The summed E-state index contributed by atoms with van der Waals surface area (Å²) in [7, 11) is 0. The van der Waals surface area contributed by atoms with Crippen molar-refractivity contribution in [2.24, 2.45) is 5.92 Å². The number of nitrogens with zero attached hydrogens (tertiary/aromatic N) is 4. The molecule has 5 rings (SSSR count). The number of thiocarbonyl (C=S) groups is 1. The number of halogens is 1. The summed E-state index contributed by atoms with van der Waals surface area (Å²) in [5, 5.41) is 7.34. The average Bonchev–Trinajstić information content (AvgIpc) is 2.93. The average molecular weight is 525 g/mol. The second-order valence-electron chi connectivity index (χ2n) is 11.3. The second kappa shape index (κ2) is 11.9. The van der Waals surface area contributed by atoms with Gasteiger partial charge in [0, 0.05) is 44.2 Å². The maximum atomic E-state index is 13.6. The third kappa shape index (κ3) is 6.51. The van der Waals surface area contributed by atoms with Crippen molar-refractivity contribution in [3.63, 3.8) is 0 Å². The van der Waals surface area contributed by atoms with Gasteiger partial charge in [0.15, 0.2) is 5.11 Å². The minimum atomic E-state index is -0.190. The SMILES string of the molecule is C[C@H]1CCCN(c2cc(N3CCCCC3)nc(NC(=S)NCC3(c4ccc(F)cc4)CCCCC3)n2)C1. The molecular formula is C29H41FN6S. The summed E-state index contributed by atoms with van der Waals surface area (Å²) >= 11 is 5.75. The Bertz CT molecular complexity index is 1050. The fourth-order valence-electron chi connectivity index (χ4n) is 6.32. The fraction of sp³-hybridized carbons (Fsp3) is 0.621. The van der Waals surface area contributed by atoms with Gasteiger partial charge in [0.05, 0.1) is 0 Å². The van der Waals surface area contributed by atoms with Crippen molar-refractivity contribution in [2.45, 2.75) is 76.5 Å². The monoisotopic (exact) mass is 524 g/mol. The normalized spacial score (nSPS) is 21.9. The summed E-state index contributed by atoms with van der Waals surface area (Å²) in [6.07, 6.45) is 11.9. The maximum absolute atomic E-state index is 13.6. The third-order valence-electron chi connectivity index (χ3n) is 8.44. The Morgan fingerprint density at radius 3 is 2.30 bits per heavy atom. The van der Waals surface area contributed by atoms with Gasteiger partial charge >= 0.3 is 0 Å². The molecule has 2 aliphatic heterocycles. The second-order valence-corrected chi connectivity index (χ2v) is 11.7. The van der Waals surface area contributed by atoms with Gasteiger partial charge in [-0.1, -0.05) is 38.3 Å². The molecule has 2 N–H and O–H groups in total. The first kappa shape index (κ1) is 26.1. The van der Waals surface area contributed by atoms with Crippen LogP contribution in [0.2, 0.25) is 0 Å². The number of aromatic nitrogens is 2. The Balaban J connectivity index is 1.32. The van der Waals surface area contributed by atoms with Crippen molar-refractivity contribution in [2.75, 3.05) is 47.8 Å². The molecule has 1 aromatic carbocycles. The summed E-state index contributed by atoms with van der Waals surface area (Å²) in [5.41, 5.74) is 1.15. The van der Waals surface area contributed by atoms with E-state index in [2.05, 4.69) is 33.4 Å². The first-order valence-electron chi connectivity index (χ1n) is 14.2. The molecule has 0 unspecified atom stereocenters. The van der Waals surface area contributed by atoms with Gasteiger partial charge in [-0.15, -0.1) is 0 Å². The summed E-state index contributed by atoms with van der Waals surface area (Å²) in [4.78, 5) is 14.6. The molecule has 3 aliphatic rings. The van der Waals surface area contributed by atoms with Crippen molar-refractivity contribution in [1.29, 1.82) is 0 Å². The van der Waals surface area contributed by atoms with E-state index >= 15 is 0 Å². The van der Waals surface area contributed by atoms with E-state index in [0.717, 1.165) is 50.7 Å². The van der Waals surface area contributed by atoms with Crippen LogP contribution in [0.5, 0.6) is 0 Å². The van der Waals surface area contributed by atoms with Crippen molar-refractivity contribution in [3.8, 4) is 0 Å². The molecule has 0 bridgehead atoms.